The molecule has 0 spiro atoms. The summed E-state index contributed by atoms with van der Waals surface area (Å²) in [5, 5.41) is 13.7. The first-order valence-corrected chi connectivity index (χ1v) is 10.4. The predicted octanol–water partition coefficient (Wildman–Crippen LogP) is 4.66. The zero-order valence-electron chi connectivity index (χ0n) is 16.3. The van der Waals surface area contributed by atoms with E-state index in [1.54, 1.807) is 22.8 Å². The summed E-state index contributed by atoms with van der Waals surface area (Å²) in [6.07, 6.45) is 6.41. The molecule has 0 unspecified atom stereocenters. The van der Waals surface area contributed by atoms with Crippen molar-refractivity contribution in [1.29, 1.82) is 0 Å². The van der Waals surface area contributed by atoms with Crippen molar-refractivity contribution in [2.75, 3.05) is 0 Å². The van der Waals surface area contributed by atoms with Crippen LogP contribution in [0.4, 0.5) is 4.39 Å². The van der Waals surface area contributed by atoms with E-state index in [0.717, 1.165) is 42.6 Å². The zero-order valence-corrected chi connectivity index (χ0v) is 16.3. The molecule has 0 saturated heterocycles. The minimum Gasteiger partial charge on any atom is -0.470 e. The summed E-state index contributed by atoms with van der Waals surface area (Å²) < 4.78 is 21.4. The Balaban J connectivity index is 1.51. The van der Waals surface area contributed by atoms with Gasteiger partial charge < -0.3 is 4.74 Å². The van der Waals surface area contributed by atoms with Crippen molar-refractivity contribution in [3.63, 3.8) is 0 Å². The second kappa shape index (κ2) is 6.86. The second-order valence-electron chi connectivity index (χ2n) is 8.06. The van der Waals surface area contributed by atoms with E-state index >= 15 is 0 Å². The molecule has 0 radical (unpaired) electrons. The number of hydrogen-bond acceptors (Lipinski definition) is 5. The molecule has 1 fully saturated rings. The van der Waals surface area contributed by atoms with Crippen molar-refractivity contribution in [1.82, 2.24) is 24.8 Å². The fourth-order valence-corrected chi connectivity index (χ4v) is 4.90. The van der Waals surface area contributed by atoms with Gasteiger partial charge in [-0.1, -0.05) is 6.07 Å². The maximum Gasteiger partial charge on any atom is 0.236 e. The van der Waals surface area contributed by atoms with Gasteiger partial charge in [0.25, 0.3) is 0 Å². The summed E-state index contributed by atoms with van der Waals surface area (Å²) in [6.45, 7) is 0.358. The normalized spacial score (nSPS) is 19.8. The average Bonchev–Trinajstić information content (AvgIpc) is 3.23. The molecule has 1 saturated carbocycles. The van der Waals surface area contributed by atoms with E-state index in [-0.39, 0.29) is 5.82 Å². The van der Waals surface area contributed by atoms with Gasteiger partial charge in [-0.15, -0.1) is 15.3 Å². The van der Waals surface area contributed by atoms with Crippen LogP contribution in [-0.2, 0) is 6.61 Å². The smallest absolute Gasteiger partial charge is 0.236 e. The molecule has 0 amide bonds. The highest BCUT2D eigenvalue weighted by atomic mass is 19.1. The van der Waals surface area contributed by atoms with Crippen LogP contribution < -0.4 is 4.74 Å². The van der Waals surface area contributed by atoms with Gasteiger partial charge in [-0.05, 0) is 73.9 Å². The Labute approximate surface area is 172 Å². The van der Waals surface area contributed by atoms with Crippen LogP contribution in [-0.4, -0.2) is 24.8 Å². The van der Waals surface area contributed by atoms with Crippen LogP contribution in [0.5, 0.6) is 5.88 Å². The second-order valence-corrected chi connectivity index (χ2v) is 8.06. The van der Waals surface area contributed by atoms with Gasteiger partial charge in [0.2, 0.25) is 5.88 Å². The highest BCUT2D eigenvalue weighted by molar-refractivity contribution is 5.65. The Bertz CT molecular complexity index is 1210. The molecule has 150 valence electrons. The summed E-state index contributed by atoms with van der Waals surface area (Å²) in [7, 11) is 0. The van der Waals surface area contributed by atoms with E-state index in [2.05, 4.69) is 15.2 Å². The molecule has 3 aliphatic carbocycles. The van der Waals surface area contributed by atoms with Crippen molar-refractivity contribution < 1.29 is 9.13 Å². The Morgan fingerprint density at radius 2 is 1.70 bits per heavy atom. The van der Waals surface area contributed by atoms with Gasteiger partial charge in [-0.25, -0.2) is 4.39 Å². The number of ether oxygens (including phenoxy) is 1. The van der Waals surface area contributed by atoms with E-state index in [9.17, 15) is 4.39 Å². The third-order valence-electron chi connectivity index (χ3n) is 6.32. The van der Waals surface area contributed by atoms with Gasteiger partial charge in [-0.3, -0.25) is 4.98 Å². The predicted molar refractivity (Wildman–Crippen MR) is 109 cm³/mol. The van der Waals surface area contributed by atoms with Crippen molar-refractivity contribution in [3.8, 4) is 17.3 Å². The first kappa shape index (κ1) is 17.5. The topological polar surface area (TPSA) is 65.2 Å². The van der Waals surface area contributed by atoms with Gasteiger partial charge in [0.1, 0.15) is 12.4 Å². The summed E-state index contributed by atoms with van der Waals surface area (Å²) in [5.41, 5.74) is 4.84. The largest absolute Gasteiger partial charge is 0.470 e. The first-order valence-electron chi connectivity index (χ1n) is 10.4. The van der Waals surface area contributed by atoms with E-state index < -0.39 is 0 Å². The quantitative estimate of drug-likeness (QED) is 0.498. The molecule has 30 heavy (non-hydrogen) atoms. The summed E-state index contributed by atoms with van der Waals surface area (Å²) in [6, 6.07) is 12.0. The molecule has 2 bridgehead atoms. The molecule has 4 aromatic rings. The Kier molecular flexibility index (Phi) is 4.00. The Hall–Kier alpha value is -3.35. The lowest BCUT2D eigenvalue weighted by Gasteiger charge is -2.38. The fraction of sp³-hybridized carbons (Fsp3) is 0.304. The van der Waals surface area contributed by atoms with Crippen molar-refractivity contribution in [3.05, 3.63) is 71.3 Å². The van der Waals surface area contributed by atoms with Crippen LogP contribution in [0.3, 0.4) is 0 Å². The third-order valence-corrected chi connectivity index (χ3v) is 6.32. The molecule has 7 heteroatoms. The van der Waals surface area contributed by atoms with Crippen LogP contribution in [0.1, 0.15) is 54.3 Å². The fourth-order valence-electron chi connectivity index (χ4n) is 4.90. The Morgan fingerprint density at radius 3 is 2.43 bits per heavy atom. The van der Waals surface area contributed by atoms with Crippen molar-refractivity contribution in [2.45, 2.75) is 44.1 Å². The lowest BCUT2D eigenvalue weighted by molar-refractivity contribution is 0.265. The summed E-state index contributed by atoms with van der Waals surface area (Å²) in [4.78, 5) is 4.36. The SMILES string of the molecule is Fc1ccc(-c2nnc3c4c(c(OCc5ccccn5)nn23)C2CCC4CC2)cc1. The zero-order chi connectivity index (χ0) is 20.1. The molecule has 0 aliphatic heterocycles. The average molecular weight is 401 g/mol. The van der Waals surface area contributed by atoms with Crippen molar-refractivity contribution >= 4 is 5.65 Å². The lowest BCUT2D eigenvalue weighted by Crippen LogP contribution is -2.25. The molecule has 3 aromatic heterocycles. The van der Waals surface area contributed by atoms with Gasteiger partial charge in [0.05, 0.1) is 5.69 Å². The van der Waals surface area contributed by atoms with E-state index in [0.29, 0.717) is 30.1 Å². The van der Waals surface area contributed by atoms with Crippen LogP contribution in [0.25, 0.3) is 17.0 Å². The molecule has 1 aromatic carbocycles. The van der Waals surface area contributed by atoms with Crippen molar-refractivity contribution in [2.24, 2.45) is 0 Å². The molecule has 0 N–H and O–H groups in total. The number of rotatable bonds is 4. The molecule has 3 heterocycles. The van der Waals surface area contributed by atoms with Gasteiger partial charge in [0.15, 0.2) is 11.5 Å². The molecular weight excluding hydrogens is 381 g/mol. The Morgan fingerprint density at radius 1 is 0.933 bits per heavy atom. The molecule has 7 rings (SSSR count). The van der Waals surface area contributed by atoms with Crippen LogP contribution in [0, 0.1) is 5.82 Å². The number of benzene rings is 1. The molecular formula is C23H20FN5O. The van der Waals surface area contributed by atoms with E-state index in [1.165, 1.54) is 23.3 Å². The lowest BCUT2D eigenvalue weighted by atomic mass is 9.67. The number of halogens is 1. The minimum atomic E-state index is -0.283. The van der Waals surface area contributed by atoms with Crippen LogP contribution in [0.15, 0.2) is 48.7 Å². The standard InChI is InChI=1S/C23H20FN5O/c24-17-10-8-16(9-11-17)21-26-27-22-19-14-4-6-15(7-5-14)20(19)23(28-29(21)22)30-13-18-3-1-2-12-25-18/h1-3,8-12,14-15H,4-7,13H2. The first-order chi connectivity index (χ1) is 14.8. The third kappa shape index (κ3) is 2.76. The molecule has 0 atom stereocenters. The minimum absolute atomic E-state index is 0.283. The maximum absolute atomic E-state index is 13.4. The maximum atomic E-state index is 13.4. The number of pyridine rings is 1. The summed E-state index contributed by atoms with van der Waals surface area (Å²) >= 11 is 0. The van der Waals surface area contributed by atoms with E-state index in [1.807, 2.05) is 18.2 Å². The number of hydrogen-bond donors (Lipinski definition) is 0. The molecule has 6 nitrogen and oxygen atoms in total. The monoisotopic (exact) mass is 401 g/mol. The van der Waals surface area contributed by atoms with Crippen LogP contribution in [0.2, 0.25) is 0 Å². The molecule has 3 aliphatic rings. The van der Waals surface area contributed by atoms with Gasteiger partial charge in [0, 0.05) is 22.9 Å². The highest BCUT2D eigenvalue weighted by Gasteiger charge is 2.39. The number of nitrogens with zero attached hydrogens (tertiary/aromatic N) is 5. The van der Waals surface area contributed by atoms with Crippen LogP contribution >= 0.6 is 0 Å². The number of aromatic nitrogens is 5. The van der Waals surface area contributed by atoms with Gasteiger partial charge in [-0.2, -0.15) is 4.52 Å². The van der Waals surface area contributed by atoms with E-state index in [4.69, 9.17) is 9.84 Å². The highest BCUT2D eigenvalue weighted by Crippen LogP contribution is 2.53. The summed E-state index contributed by atoms with van der Waals surface area (Å²) in [5.74, 6) is 1.86. The number of fused-ring (bicyclic) bond motifs is 3. The van der Waals surface area contributed by atoms with Gasteiger partial charge >= 0.3 is 0 Å².